The highest BCUT2D eigenvalue weighted by molar-refractivity contribution is 5.67. The fraction of sp³-hybridized carbons (Fsp3) is 0.381. The molecule has 2 aromatic rings. The Hall–Kier alpha value is -2.49. The fourth-order valence-electron chi connectivity index (χ4n) is 2.67. The molecule has 134 valence electrons. The first-order valence-electron chi connectivity index (χ1n) is 8.54. The minimum atomic E-state index is -0.499. The van der Waals surface area contributed by atoms with Gasteiger partial charge in [-0.25, -0.2) is 4.79 Å². The topological polar surface area (TPSA) is 49.8 Å². The summed E-state index contributed by atoms with van der Waals surface area (Å²) in [5, 5.41) is 9.54. The summed E-state index contributed by atoms with van der Waals surface area (Å²) in [4.78, 5) is 13.8. The highest BCUT2D eigenvalue weighted by atomic mass is 16.6. The van der Waals surface area contributed by atoms with Crippen LogP contribution in [0.1, 0.15) is 44.2 Å². The summed E-state index contributed by atoms with van der Waals surface area (Å²) >= 11 is 0. The molecule has 1 amide bonds. The minimum absolute atomic E-state index is 0.145. The monoisotopic (exact) mass is 341 g/mol. The van der Waals surface area contributed by atoms with Crippen molar-refractivity contribution in [2.75, 3.05) is 13.6 Å². The predicted octanol–water partition coefficient (Wildman–Crippen LogP) is 4.78. The third-order valence-corrected chi connectivity index (χ3v) is 3.96. The zero-order chi connectivity index (χ0) is 18.4. The molecule has 0 aliphatic carbocycles. The third kappa shape index (κ3) is 5.82. The molecule has 0 heterocycles. The van der Waals surface area contributed by atoms with Gasteiger partial charge in [-0.15, -0.1) is 0 Å². The number of nitrogens with zero attached hydrogens (tertiary/aromatic N) is 1. The van der Waals surface area contributed by atoms with Gasteiger partial charge in [0.1, 0.15) is 11.4 Å². The molecule has 2 aromatic carbocycles. The smallest absolute Gasteiger partial charge is 0.410 e. The number of carbonyl (C=O) groups excluding carboxylic acids is 1. The summed E-state index contributed by atoms with van der Waals surface area (Å²) in [5.41, 5.74) is 1.80. The molecule has 0 saturated carbocycles. The maximum absolute atomic E-state index is 12.2. The molecule has 4 nitrogen and oxygen atoms in total. The number of rotatable bonds is 5. The molecule has 0 radical (unpaired) electrons. The molecule has 0 aliphatic heterocycles. The zero-order valence-electron chi connectivity index (χ0n) is 15.4. The van der Waals surface area contributed by atoms with Crippen molar-refractivity contribution in [1.29, 1.82) is 0 Å². The lowest BCUT2D eigenvalue weighted by atomic mass is 9.88. The van der Waals surface area contributed by atoms with E-state index in [0.29, 0.717) is 6.54 Å². The second-order valence-electron chi connectivity index (χ2n) is 7.25. The first-order chi connectivity index (χ1) is 11.8. The molecule has 0 aliphatic rings. The summed E-state index contributed by atoms with van der Waals surface area (Å²) in [6.07, 6.45) is 0.454. The summed E-state index contributed by atoms with van der Waals surface area (Å²) in [6.45, 7) is 6.17. The third-order valence-electron chi connectivity index (χ3n) is 3.96. The van der Waals surface area contributed by atoms with E-state index in [1.165, 1.54) is 5.56 Å². The van der Waals surface area contributed by atoms with Gasteiger partial charge in [0, 0.05) is 19.5 Å². The van der Waals surface area contributed by atoms with Gasteiger partial charge < -0.3 is 14.7 Å². The van der Waals surface area contributed by atoms with Gasteiger partial charge in [-0.3, -0.25) is 0 Å². The van der Waals surface area contributed by atoms with E-state index in [0.717, 1.165) is 12.0 Å². The maximum atomic E-state index is 12.2. The van der Waals surface area contributed by atoms with Crippen molar-refractivity contribution in [3.05, 3.63) is 65.7 Å². The summed E-state index contributed by atoms with van der Waals surface area (Å²) in [6, 6.07) is 17.5. The van der Waals surface area contributed by atoms with Crippen LogP contribution in [0, 0.1) is 0 Å². The molecule has 1 N–H and O–H groups in total. The van der Waals surface area contributed by atoms with Crippen molar-refractivity contribution >= 4 is 6.09 Å². The lowest BCUT2D eigenvalue weighted by molar-refractivity contribution is 0.0295. The Bertz CT molecular complexity index is 675. The summed E-state index contributed by atoms with van der Waals surface area (Å²) in [7, 11) is 1.76. The molecule has 4 heteroatoms. The Labute approximate surface area is 150 Å². The molecule has 0 bridgehead atoms. The van der Waals surface area contributed by atoms with E-state index in [1.807, 2.05) is 51.1 Å². The Morgan fingerprint density at radius 2 is 1.60 bits per heavy atom. The predicted molar refractivity (Wildman–Crippen MR) is 99.9 cm³/mol. The van der Waals surface area contributed by atoms with Gasteiger partial charge >= 0.3 is 6.09 Å². The van der Waals surface area contributed by atoms with Crippen molar-refractivity contribution in [3.63, 3.8) is 0 Å². The highest BCUT2D eigenvalue weighted by Gasteiger charge is 2.21. The number of aromatic hydroxyl groups is 1. The fourth-order valence-corrected chi connectivity index (χ4v) is 2.67. The summed E-state index contributed by atoms with van der Waals surface area (Å²) < 4.78 is 5.41. The lowest BCUT2D eigenvalue weighted by Crippen LogP contribution is -2.35. The molecule has 0 fully saturated rings. The molecule has 0 spiro atoms. The van der Waals surface area contributed by atoms with Crippen molar-refractivity contribution in [2.45, 2.75) is 38.7 Å². The minimum Gasteiger partial charge on any atom is -0.508 e. The number of hydrogen-bond donors (Lipinski definition) is 1. The molecule has 0 saturated heterocycles. The van der Waals surface area contributed by atoms with Crippen LogP contribution in [0.15, 0.2) is 54.6 Å². The van der Waals surface area contributed by atoms with Crippen molar-refractivity contribution in [2.24, 2.45) is 0 Å². The number of benzene rings is 2. The van der Waals surface area contributed by atoms with E-state index in [9.17, 15) is 9.90 Å². The Morgan fingerprint density at radius 3 is 2.16 bits per heavy atom. The highest BCUT2D eigenvalue weighted by Crippen LogP contribution is 2.29. The van der Waals surface area contributed by atoms with Crippen LogP contribution in [-0.2, 0) is 4.74 Å². The first kappa shape index (κ1) is 18.8. The van der Waals surface area contributed by atoms with Gasteiger partial charge in [-0.2, -0.15) is 0 Å². The SMILES string of the molecule is CN(CCC(c1ccccc1)c1ccc(O)cc1)C(=O)OC(C)(C)C. The van der Waals surface area contributed by atoms with Crippen molar-refractivity contribution in [3.8, 4) is 5.75 Å². The van der Waals surface area contributed by atoms with Crippen LogP contribution >= 0.6 is 0 Å². The van der Waals surface area contributed by atoms with Crippen LogP contribution in [0.3, 0.4) is 0 Å². The standard InChI is InChI=1S/C21H27NO3/c1-21(2,3)25-20(24)22(4)15-14-19(16-8-6-5-7-9-16)17-10-12-18(23)13-11-17/h5-13,19,23H,14-15H2,1-4H3. The molecule has 1 unspecified atom stereocenters. The Kier molecular flexibility index (Phi) is 6.07. The van der Waals surface area contributed by atoms with Gasteiger partial charge in [0.2, 0.25) is 0 Å². The Morgan fingerprint density at radius 1 is 1.04 bits per heavy atom. The second kappa shape index (κ2) is 8.06. The van der Waals surface area contributed by atoms with E-state index in [4.69, 9.17) is 4.74 Å². The van der Waals surface area contributed by atoms with Crippen LogP contribution in [0.25, 0.3) is 0 Å². The van der Waals surface area contributed by atoms with E-state index < -0.39 is 5.60 Å². The van der Waals surface area contributed by atoms with Crippen LogP contribution in [-0.4, -0.2) is 35.3 Å². The number of phenolic OH excluding ortho intramolecular Hbond substituents is 1. The van der Waals surface area contributed by atoms with Crippen LogP contribution in [0.2, 0.25) is 0 Å². The Balaban J connectivity index is 2.12. The zero-order valence-corrected chi connectivity index (χ0v) is 15.4. The number of hydrogen-bond acceptors (Lipinski definition) is 3. The van der Waals surface area contributed by atoms with E-state index >= 15 is 0 Å². The lowest BCUT2D eigenvalue weighted by Gasteiger charge is -2.26. The molecule has 1 atom stereocenters. The van der Waals surface area contributed by atoms with Crippen LogP contribution in [0.5, 0.6) is 5.75 Å². The number of amides is 1. The van der Waals surface area contributed by atoms with E-state index in [-0.39, 0.29) is 17.8 Å². The number of phenols is 1. The van der Waals surface area contributed by atoms with Gasteiger partial charge in [0.15, 0.2) is 0 Å². The number of carbonyl (C=O) groups is 1. The van der Waals surface area contributed by atoms with E-state index in [1.54, 1.807) is 24.1 Å². The van der Waals surface area contributed by atoms with Crippen molar-refractivity contribution in [1.82, 2.24) is 4.90 Å². The second-order valence-corrected chi connectivity index (χ2v) is 7.25. The van der Waals surface area contributed by atoms with Gasteiger partial charge in [-0.05, 0) is 50.5 Å². The van der Waals surface area contributed by atoms with E-state index in [2.05, 4.69) is 12.1 Å². The van der Waals surface area contributed by atoms with Crippen LogP contribution < -0.4 is 0 Å². The average molecular weight is 341 g/mol. The normalized spacial score (nSPS) is 12.5. The first-order valence-corrected chi connectivity index (χ1v) is 8.54. The molecule has 0 aromatic heterocycles. The summed E-state index contributed by atoms with van der Waals surface area (Å²) in [5.74, 6) is 0.396. The molecule has 25 heavy (non-hydrogen) atoms. The quantitative estimate of drug-likeness (QED) is 0.851. The molecular formula is C21H27NO3. The number of ether oxygens (including phenoxy) is 1. The average Bonchev–Trinajstić information content (AvgIpc) is 2.56. The van der Waals surface area contributed by atoms with Gasteiger partial charge in [0.05, 0.1) is 0 Å². The van der Waals surface area contributed by atoms with Gasteiger partial charge in [-0.1, -0.05) is 42.5 Å². The maximum Gasteiger partial charge on any atom is 0.410 e. The largest absolute Gasteiger partial charge is 0.508 e. The van der Waals surface area contributed by atoms with Crippen LogP contribution in [0.4, 0.5) is 4.79 Å². The molecular weight excluding hydrogens is 314 g/mol. The van der Waals surface area contributed by atoms with Crippen molar-refractivity contribution < 1.29 is 14.6 Å². The molecule has 2 rings (SSSR count). The van der Waals surface area contributed by atoms with Gasteiger partial charge in [0.25, 0.3) is 0 Å².